The SMILES string of the molecule is COc1cccc(OC)c1-n1c(NSCCc2ccc(C#N)cc2F)nnc1-c1cncc(C)c1. The minimum absolute atomic E-state index is 0.300. The van der Waals surface area contributed by atoms with Gasteiger partial charge in [0.2, 0.25) is 5.95 Å². The summed E-state index contributed by atoms with van der Waals surface area (Å²) in [6.07, 6.45) is 3.96. The largest absolute Gasteiger partial charge is 0.494 e. The van der Waals surface area contributed by atoms with Crippen LogP contribution in [-0.4, -0.2) is 39.7 Å². The number of methoxy groups -OCH3 is 2. The smallest absolute Gasteiger partial charge is 0.239 e. The van der Waals surface area contributed by atoms with Crippen LogP contribution in [0.4, 0.5) is 10.3 Å². The van der Waals surface area contributed by atoms with Crippen LogP contribution in [0.2, 0.25) is 0 Å². The number of ether oxygens (including phenoxy) is 2. The molecule has 2 aromatic heterocycles. The first-order valence-electron chi connectivity index (χ1n) is 10.7. The van der Waals surface area contributed by atoms with Gasteiger partial charge in [-0.25, -0.2) is 4.39 Å². The van der Waals surface area contributed by atoms with E-state index in [2.05, 4.69) is 19.9 Å². The van der Waals surface area contributed by atoms with Crippen molar-refractivity contribution in [1.82, 2.24) is 19.7 Å². The van der Waals surface area contributed by atoms with E-state index in [1.165, 1.54) is 18.0 Å². The Kier molecular flexibility index (Phi) is 7.48. The van der Waals surface area contributed by atoms with Crippen LogP contribution >= 0.6 is 11.9 Å². The highest BCUT2D eigenvalue weighted by atomic mass is 32.2. The summed E-state index contributed by atoms with van der Waals surface area (Å²) in [7, 11) is 3.18. The summed E-state index contributed by atoms with van der Waals surface area (Å²) >= 11 is 1.36. The van der Waals surface area contributed by atoms with Crippen LogP contribution in [0.15, 0.2) is 54.9 Å². The van der Waals surface area contributed by atoms with Crippen molar-refractivity contribution in [3.05, 3.63) is 77.4 Å². The maximum atomic E-state index is 14.2. The number of para-hydroxylation sites is 1. The van der Waals surface area contributed by atoms with Crippen LogP contribution in [0.1, 0.15) is 16.7 Å². The highest BCUT2D eigenvalue weighted by molar-refractivity contribution is 8.00. The fourth-order valence-corrected chi connectivity index (χ4v) is 4.26. The van der Waals surface area contributed by atoms with Crippen LogP contribution in [0.5, 0.6) is 11.5 Å². The Morgan fingerprint density at radius 1 is 1.09 bits per heavy atom. The normalized spacial score (nSPS) is 10.6. The molecular formula is C25H23FN6O2S. The van der Waals surface area contributed by atoms with Gasteiger partial charge in [0.1, 0.15) is 23.0 Å². The standard InChI is InChI=1S/C25H23FN6O2S/c1-16-11-19(15-28-14-16)24-29-30-25(32(24)23-21(33-2)5-4-6-22(23)34-3)31-35-10-9-18-8-7-17(13-27)12-20(18)26/h4-8,11-12,14-15H,9-10H2,1-3H3,(H,30,31). The van der Waals surface area contributed by atoms with E-state index in [1.54, 1.807) is 38.7 Å². The summed E-state index contributed by atoms with van der Waals surface area (Å²) in [4.78, 5) is 4.29. The molecule has 8 nitrogen and oxygen atoms in total. The Morgan fingerprint density at radius 2 is 1.86 bits per heavy atom. The molecule has 4 aromatic rings. The number of halogens is 1. The zero-order valence-corrected chi connectivity index (χ0v) is 20.3. The number of rotatable bonds is 9. The highest BCUT2D eigenvalue weighted by Gasteiger charge is 2.22. The maximum absolute atomic E-state index is 14.2. The topological polar surface area (TPSA) is 97.9 Å². The van der Waals surface area contributed by atoms with E-state index < -0.39 is 0 Å². The molecule has 0 aliphatic carbocycles. The lowest BCUT2D eigenvalue weighted by molar-refractivity contribution is 0.391. The van der Waals surface area contributed by atoms with Crippen molar-refractivity contribution >= 4 is 17.9 Å². The number of aromatic nitrogens is 4. The van der Waals surface area contributed by atoms with Gasteiger partial charge in [-0.2, -0.15) is 5.26 Å². The molecule has 0 unspecified atom stereocenters. The molecule has 0 amide bonds. The van der Waals surface area contributed by atoms with E-state index in [9.17, 15) is 4.39 Å². The molecule has 2 aromatic carbocycles. The zero-order valence-electron chi connectivity index (χ0n) is 19.4. The monoisotopic (exact) mass is 490 g/mol. The van der Waals surface area contributed by atoms with E-state index in [1.807, 2.05) is 41.8 Å². The van der Waals surface area contributed by atoms with Crippen molar-refractivity contribution in [2.24, 2.45) is 0 Å². The van der Waals surface area contributed by atoms with Gasteiger partial charge in [-0.3, -0.25) is 14.3 Å². The molecule has 2 heterocycles. The summed E-state index contributed by atoms with van der Waals surface area (Å²) in [5, 5.41) is 17.7. The number of anilines is 1. The van der Waals surface area contributed by atoms with Crippen LogP contribution in [0, 0.1) is 24.1 Å². The zero-order chi connectivity index (χ0) is 24.8. The Hall–Kier alpha value is -4.10. The second-order valence-electron chi connectivity index (χ2n) is 7.56. The fourth-order valence-electron chi connectivity index (χ4n) is 3.57. The van der Waals surface area contributed by atoms with Gasteiger partial charge < -0.3 is 9.47 Å². The van der Waals surface area contributed by atoms with Crippen LogP contribution < -0.4 is 14.2 Å². The van der Waals surface area contributed by atoms with Gasteiger partial charge in [0, 0.05) is 23.7 Å². The third-order valence-corrected chi connectivity index (χ3v) is 5.98. The summed E-state index contributed by atoms with van der Waals surface area (Å²) in [5.41, 5.74) is 3.24. The third kappa shape index (κ3) is 5.20. The molecular weight excluding hydrogens is 467 g/mol. The van der Waals surface area contributed by atoms with Gasteiger partial charge in [-0.1, -0.05) is 12.1 Å². The predicted octanol–water partition coefficient (Wildman–Crippen LogP) is 4.97. The molecule has 10 heteroatoms. The number of nitriles is 1. The number of hydrogen-bond acceptors (Lipinski definition) is 8. The van der Waals surface area contributed by atoms with Crippen LogP contribution in [0.25, 0.3) is 17.1 Å². The van der Waals surface area contributed by atoms with E-state index >= 15 is 0 Å². The van der Waals surface area contributed by atoms with E-state index in [4.69, 9.17) is 14.7 Å². The van der Waals surface area contributed by atoms with E-state index in [0.717, 1.165) is 11.1 Å². The minimum atomic E-state index is -0.388. The van der Waals surface area contributed by atoms with E-state index in [0.29, 0.717) is 52.3 Å². The fraction of sp³-hybridized carbons (Fsp3) is 0.200. The molecule has 0 bridgehead atoms. The number of aryl methyl sites for hydroxylation is 2. The minimum Gasteiger partial charge on any atom is -0.494 e. The van der Waals surface area contributed by atoms with Crippen molar-refractivity contribution in [2.75, 3.05) is 24.7 Å². The first-order chi connectivity index (χ1) is 17.0. The Bertz CT molecular complexity index is 1360. The van der Waals surface area contributed by atoms with Crippen molar-refractivity contribution in [2.45, 2.75) is 13.3 Å². The molecule has 0 spiro atoms. The first-order valence-corrected chi connectivity index (χ1v) is 11.7. The van der Waals surface area contributed by atoms with Crippen LogP contribution in [0.3, 0.4) is 0 Å². The van der Waals surface area contributed by atoms with Gasteiger partial charge in [0.25, 0.3) is 0 Å². The molecule has 35 heavy (non-hydrogen) atoms. The molecule has 0 aliphatic heterocycles. The number of nitrogens with one attached hydrogen (secondary N) is 1. The lowest BCUT2D eigenvalue weighted by Crippen LogP contribution is -2.07. The van der Waals surface area contributed by atoms with Gasteiger partial charge in [-0.05, 0) is 66.8 Å². The van der Waals surface area contributed by atoms with Gasteiger partial charge in [0.05, 0.1) is 25.9 Å². The van der Waals surface area contributed by atoms with Gasteiger partial charge in [-0.15, -0.1) is 10.2 Å². The quantitative estimate of drug-likeness (QED) is 0.259. The summed E-state index contributed by atoms with van der Waals surface area (Å²) in [5.74, 6) is 2.35. The molecule has 0 atom stereocenters. The number of pyridine rings is 1. The summed E-state index contributed by atoms with van der Waals surface area (Å²) < 4.78 is 30.5. The highest BCUT2D eigenvalue weighted by Crippen LogP contribution is 2.38. The average Bonchev–Trinajstić information content (AvgIpc) is 3.30. The molecule has 1 N–H and O–H groups in total. The molecule has 0 saturated carbocycles. The second-order valence-corrected chi connectivity index (χ2v) is 8.46. The van der Waals surface area contributed by atoms with Gasteiger partial charge in [0.15, 0.2) is 5.82 Å². The lowest BCUT2D eigenvalue weighted by Gasteiger charge is -2.17. The first kappa shape index (κ1) is 24.0. The number of hydrogen-bond donors (Lipinski definition) is 1. The predicted molar refractivity (Wildman–Crippen MR) is 133 cm³/mol. The average molecular weight is 491 g/mol. The second kappa shape index (κ2) is 10.9. The molecule has 0 saturated heterocycles. The Morgan fingerprint density at radius 3 is 2.51 bits per heavy atom. The van der Waals surface area contributed by atoms with Crippen molar-refractivity contribution < 1.29 is 13.9 Å². The van der Waals surface area contributed by atoms with Gasteiger partial charge >= 0.3 is 0 Å². The number of nitrogens with zero attached hydrogens (tertiary/aromatic N) is 5. The molecule has 0 aliphatic rings. The Balaban J connectivity index is 1.65. The lowest BCUT2D eigenvalue weighted by atomic mass is 10.1. The third-order valence-electron chi connectivity index (χ3n) is 5.24. The maximum Gasteiger partial charge on any atom is 0.239 e. The summed E-state index contributed by atoms with van der Waals surface area (Å²) in [6, 6.07) is 13.9. The molecule has 4 rings (SSSR count). The molecule has 178 valence electrons. The van der Waals surface area contributed by atoms with Crippen LogP contribution in [-0.2, 0) is 6.42 Å². The van der Waals surface area contributed by atoms with Crippen molar-refractivity contribution in [3.63, 3.8) is 0 Å². The van der Waals surface area contributed by atoms with Crippen molar-refractivity contribution in [1.29, 1.82) is 5.26 Å². The molecule has 0 fully saturated rings. The summed E-state index contributed by atoms with van der Waals surface area (Å²) in [6.45, 7) is 1.96. The van der Waals surface area contributed by atoms with E-state index in [-0.39, 0.29) is 5.82 Å². The Labute approximate surface area is 206 Å². The number of benzene rings is 2. The van der Waals surface area contributed by atoms with Crippen molar-refractivity contribution in [3.8, 4) is 34.6 Å². The molecule has 0 radical (unpaired) electrons.